The molecule has 4 nitrogen and oxygen atoms in total. The molecule has 1 unspecified atom stereocenters. The van der Waals surface area contributed by atoms with E-state index in [9.17, 15) is 0 Å². The predicted octanol–water partition coefficient (Wildman–Crippen LogP) is 2.58. The smallest absolute Gasteiger partial charge is 0.119 e. The Morgan fingerprint density at radius 1 is 1.29 bits per heavy atom. The number of ether oxygens (including phenoxy) is 1. The molecule has 1 aromatic heterocycles. The minimum absolute atomic E-state index is 0.418. The van der Waals surface area contributed by atoms with E-state index in [-0.39, 0.29) is 0 Å². The van der Waals surface area contributed by atoms with Gasteiger partial charge in [0.15, 0.2) is 0 Å². The molecule has 4 heteroatoms. The van der Waals surface area contributed by atoms with Crippen molar-refractivity contribution >= 4 is 0 Å². The molecule has 0 aliphatic rings. The fourth-order valence-corrected chi connectivity index (χ4v) is 2.51. The molecule has 114 valence electrons. The van der Waals surface area contributed by atoms with Crippen molar-refractivity contribution < 1.29 is 4.74 Å². The number of hydrogen-bond donors (Lipinski definition) is 1. The second kappa shape index (κ2) is 7.84. The maximum absolute atomic E-state index is 5.31. The van der Waals surface area contributed by atoms with E-state index in [1.165, 1.54) is 11.1 Å². The molecule has 0 aliphatic heterocycles. The molecule has 1 N–H and O–H groups in total. The molecule has 1 heterocycles. The Morgan fingerprint density at radius 3 is 2.76 bits per heavy atom. The molecule has 0 aliphatic carbocycles. The topological polar surface area (TPSA) is 39.1 Å². The number of methoxy groups -OCH3 is 1. The van der Waals surface area contributed by atoms with Crippen LogP contribution in [0.25, 0.3) is 0 Å². The summed E-state index contributed by atoms with van der Waals surface area (Å²) in [6.07, 6.45) is 7.16. The van der Waals surface area contributed by atoms with E-state index in [0.29, 0.717) is 6.04 Å². The molecule has 0 radical (unpaired) electrons. The molecule has 21 heavy (non-hydrogen) atoms. The number of hydrogen-bond acceptors (Lipinski definition) is 3. The van der Waals surface area contributed by atoms with Gasteiger partial charge < -0.3 is 10.1 Å². The Kier molecular flexibility index (Phi) is 5.81. The molecule has 0 amide bonds. The molecule has 0 bridgehead atoms. The van der Waals surface area contributed by atoms with Crippen LogP contribution in [0.2, 0.25) is 0 Å². The van der Waals surface area contributed by atoms with Crippen molar-refractivity contribution in [3.05, 3.63) is 47.8 Å². The summed E-state index contributed by atoms with van der Waals surface area (Å²) in [6.45, 7) is 3.23. The number of benzene rings is 1. The summed E-state index contributed by atoms with van der Waals surface area (Å²) in [5.41, 5.74) is 2.57. The van der Waals surface area contributed by atoms with Crippen LogP contribution in [0.5, 0.6) is 5.75 Å². The van der Waals surface area contributed by atoms with Crippen molar-refractivity contribution in [2.24, 2.45) is 7.05 Å². The Balaban J connectivity index is 2.04. The Morgan fingerprint density at radius 2 is 2.10 bits per heavy atom. The van der Waals surface area contributed by atoms with Gasteiger partial charge in [0.1, 0.15) is 5.75 Å². The third-order valence-corrected chi connectivity index (χ3v) is 3.54. The molecule has 0 fully saturated rings. The number of rotatable bonds is 8. The summed E-state index contributed by atoms with van der Waals surface area (Å²) in [5, 5.41) is 7.89. The molecule has 0 spiro atoms. The van der Waals surface area contributed by atoms with Crippen LogP contribution in [0.1, 0.15) is 24.5 Å². The van der Waals surface area contributed by atoms with Crippen LogP contribution >= 0.6 is 0 Å². The molecular formula is C17H25N3O. The van der Waals surface area contributed by atoms with Gasteiger partial charge in [-0.05, 0) is 49.1 Å². The SMILES string of the molecule is CCCNC(Cc1cccc(OC)c1)Cc1cnn(C)c1. The van der Waals surface area contributed by atoms with Crippen molar-refractivity contribution in [3.63, 3.8) is 0 Å². The molecule has 1 aromatic carbocycles. The highest BCUT2D eigenvalue weighted by molar-refractivity contribution is 5.29. The average molecular weight is 287 g/mol. The molecule has 0 saturated heterocycles. The quantitative estimate of drug-likeness (QED) is 0.811. The van der Waals surface area contributed by atoms with Crippen molar-refractivity contribution in [2.75, 3.05) is 13.7 Å². The zero-order valence-corrected chi connectivity index (χ0v) is 13.2. The number of aryl methyl sites for hydroxylation is 1. The van der Waals surface area contributed by atoms with Gasteiger partial charge in [0.05, 0.1) is 13.3 Å². The Hall–Kier alpha value is -1.81. The fraction of sp³-hybridized carbons (Fsp3) is 0.471. The first-order valence-corrected chi connectivity index (χ1v) is 7.55. The molecule has 2 rings (SSSR count). The lowest BCUT2D eigenvalue weighted by Gasteiger charge is -2.18. The minimum Gasteiger partial charge on any atom is -0.497 e. The second-order valence-electron chi connectivity index (χ2n) is 5.43. The third-order valence-electron chi connectivity index (χ3n) is 3.54. The van der Waals surface area contributed by atoms with Gasteiger partial charge >= 0.3 is 0 Å². The maximum Gasteiger partial charge on any atom is 0.119 e. The standard InChI is InChI=1S/C17H25N3O/c1-4-8-18-16(10-15-12-19-20(2)13-15)9-14-6-5-7-17(11-14)21-3/h5-7,11-13,16,18H,4,8-10H2,1-3H3. The normalized spacial score (nSPS) is 12.3. The molecule has 1 atom stereocenters. The molecule has 0 saturated carbocycles. The van der Waals surface area contributed by atoms with E-state index in [0.717, 1.165) is 31.6 Å². The first-order chi connectivity index (χ1) is 10.2. The van der Waals surface area contributed by atoms with E-state index < -0.39 is 0 Å². The highest BCUT2D eigenvalue weighted by Gasteiger charge is 2.11. The van der Waals surface area contributed by atoms with Gasteiger partial charge in [-0.25, -0.2) is 0 Å². The van der Waals surface area contributed by atoms with Crippen molar-refractivity contribution in [3.8, 4) is 5.75 Å². The van der Waals surface area contributed by atoms with Crippen molar-refractivity contribution in [2.45, 2.75) is 32.2 Å². The van der Waals surface area contributed by atoms with Crippen molar-refractivity contribution in [1.29, 1.82) is 0 Å². The number of nitrogens with zero attached hydrogens (tertiary/aromatic N) is 2. The Labute approximate surface area is 127 Å². The zero-order chi connectivity index (χ0) is 15.1. The van der Waals surface area contributed by atoms with Gasteiger partial charge in [0, 0.05) is 19.3 Å². The van der Waals surface area contributed by atoms with Gasteiger partial charge in [-0.1, -0.05) is 19.1 Å². The van der Waals surface area contributed by atoms with E-state index in [4.69, 9.17) is 4.74 Å². The minimum atomic E-state index is 0.418. The van der Waals surface area contributed by atoms with E-state index >= 15 is 0 Å². The van der Waals surface area contributed by atoms with Gasteiger partial charge in [0.25, 0.3) is 0 Å². The summed E-state index contributed by atoms with van der Waals surface area (Å²) < 4.78 is 7.16. The van der Waals surface area contributed by atoms with Crippen LogP contribution in [0.15, 0.2) is 36.7 Å². The zero-order valence-electron chi connectivity index (χ0n) is 13.2. The van der Waals surface area contributed by atoms with Crippen LogP contribution < -0.4 is 10.1 Å². The van der Waals surface area contributed by atoms with E-state index in [2.05, 4.69) is 41.7 Å². The van der Waals surface area contributed by atoms with Gasteiger partial charge in [0.2, 0.25) is 0 Å². The maximum atomic E-state index is 5.31. The monoisotopic (exact) mass is 287 g/mol. The van der Waals surface area contributed by atoms with Gasteiger partial charge in [-0.2, -0.15) is 5.10 Å². The van der Waals surface area contributed by atoms with Crippen molar-refractivity contribution in [1.82, 2.24) is 15.1 Å². The van der Waals surface area contributed by atoms with Gasteiger partial charge in [-0.3, -0.25) is 4.68 Å². The predicted molar refractivity (Wildman–Crippen MR) is 85.7 cm³/mol. The lowest BCUT2D eigenvalue weighted by atomic mass is 10.0. The average Bonchev–Trinajstić information content (AvgIpc) is 2.90. The summed E-state index contributed by atoms with van der Waals surface area (Å²) in [5.74, 6) is 0.920. The van der Waals surface area contributed by atoms with Crippen LogP contribution in [-0.2, 0) is 19.9 Å². The first-order valence-electron chi connectivity index (χ1n) is 7.55. The highest BCUT2D eigenvalue weighted by Crippen LogP contribution is 2.15. The van der Waals surface area contributed by atoms with Crippen LogP contribution in [0.3, 0.4) is 0 Å². The summed E-state index contributed by atoms with van der Waals surface area (Å²) >= 11 is 0. The van der Waals surface area contributed by atoms with Crippen LogP contribution in [0.4, 0.5) is 0 Å². The Bertz CT molecular complexity index is 550. The molecular weight excluding hydrogens is 262 g/mol. The summed E-state index contributed by atoms with van der Waals surface area (Å²) in [6, 6.07) is 8.73. The fourth-order valence-electron chi connectivity index (χ4n) is 2.51. The summed E-state index contributed by atoms with van der Waals surface area (Å²) in [4.78, 5) is 0. The van der Waals surface area contributed by atoms with E-state index in [1.54, 1.807) is 7.11 Å². The highest BCUT2D eigenvalue weighted by atomic mass is 16.5. The lowest BCUT2D eigenvalue weighted by Crippen LogP contribution is -2.33. The third kappa shape index (κ3) is 4.90. The van der Waals surface area contributed by atoms with E-state index in [1.807, 2.05) is 24.0 Å². The lowest BCUT2D eigenvalue weighted by molar-refractivity contribution is 0.413. The largest absolute Gasteiger partial charge is 0.497 e. The summed E-state index contributed by atoms with van der Waals surface area (Å²) in [7, 11) is 3.67. The van der Waals surface area contributed by atoms with Gasteiger partial charge in [-0.15, -0.1) is 0 Å². The number of aromatic nitrogens is 2. The van der Waals surface area contributed by atoms with Crippen LogP contribution in [0, 0.1) is 0 Å². The second-order valence-corrected chi connectivity index (χ2v) is 5.43. The number of nitrogens with one attached hydrogen (secondary N) is 1. The molecule has 2 aromatic rings. The first kappa shape index (κ1) is 15.6. The van der Waals surface area contributed by atoms with Crippen LogP contribution in [-0.4, -0.2) is 29.5 Å².